The van der Waals surface area contributed by atoms with Crippen molar-refractivity contribution in [1.82, 2.24) is 25.5 Å². The molecule has 1 aliphatic carbocycles. The van der Waals surface area contributed by atoms with Gasteiger partial charge in [0.25, 0.3) is 5.88 Å². The predicted molar refractivity (Wildman–Crippen MR) is 135 cm³/mol. The zero-order valence-electron chi connectivity index (χ0n) is 20.4. The molecule has 37 heavy (non-hydrogen) atoms. The highest BCUT2D eigenvalue weighted by molar-refractivity contribution is 5.74. The SMILES string of the molecule is Oc1cc(-c2cnc3c(c2)OCCO3)ccc1-c1cnc(N(C2CC2)[C@H]2C[C@@H]3CCC[C@H](N3)[C@H]2F)nn1. The van der Waals surface area contributed by atoms with Gasteiger partial charge in [0.2, 0.25) is 5.95 Å². The fraction of sp³-hybridized carbons (Fsp3) is 0.481. The summed E-state index contributed by atoms with van der Waals surface area (Å²) in [4.78, 5) is 11.0. The normalized spacial score (nSPS) is 26.5. The van der Waals surface area contributed by atoms with Crippen molar-refractivity contribution in [2.24, 2.45) is 0 Å². The number of anilines is 1. The first kappa shape index (κ1) is 22.7. The average molecular weight is 505 g/mol. The maximum absolute atomic E-state index is 15.5. The number of alkyl halides is 1. The summed E-state index contributed by atoms with van der Waals surface area (Å²) in [5, 5.41) is 23.1. The summed E-state index contributed by atoms with van der Waals surface area (Å²) >= 11 is 0. The molecule has 0 radical (unpaired) electrons. The van der Waals surface area contributed by atoms with Crippen molar-refractivity contribution in [3.8, 4) is 39.8 Å². The number of halogens is 1. The Kier molecular flexibility index (Phi) is 5.57. The lowest BCUT2D eigenvalue weighted by molar-refractivity contribution is 0.103. The van der Waals surface area contributed by atoms with Crippen LogP contribution < -0.4 is 19.7 Å². The molecule has 0 amide bonds. The second-order valence-corrected chi connectivity index (χ2v) is 10.4. The van der Waals surface area contributed by atoms with Gasteiger partial charge in [-0.15, -0.1) is 10.2 Å². The minimum Gasteiger partial charge on any atom is -0.507 e. The molecule has 1 aromatic carbocycles. The van der Waals surface area contributed by atoms with Gasteiger partial charge in [0.15, 0.2) is 5.75 Å². The maximum Gasteiger partial charge on any atom is 0.257 e. The number of ether oxygens (including phenoxy) is 2. The molecule has 5 heterocycles. The lowest BCUT2D eigenvalue weighted by atomic mass is 9.82. The van der Waals surface area contributed by atoms with Crippen molar-refractivity contribution in [3.63, 3.8) is 0 Å². The number of aromatic hydroxyl groups is 1. The van der Waals surface area contributed by atoms with Crippen LogP contribution in [0.3, 0.4) is 0 Å². The van der Waals surface area contributed by atoms with E-state index in [1.165, 1.54) is 0 Å². The molecule has 4 aliphatic rings. The standard InChI is InChI=1S/C27H29FN6O3/c28-25-20-3-1-2-17(31-20)12-22(25)34(18-5-6-18)27-30-14-21(32-33-27)19-7-4-15(10-23(19)35)16-11-24-26(29-13-16)37-9-8-36-24/h4,7,10-11,13-14,17-18,20,22,25,31,35H,1-3,5-6,8-9,12H2/t17-,20-,22-,25+/m0/s1. The van der Waals surface area contributed by atoms with Crippen LogP contribution in [0.2, 0.25) is 0 Å². The van der Waals surface area contributed by atoms with E-state index in [0.717, 1.165) is 49.7 Å². The van der Waals surface area contributed by atoms with Gasteiger partial charge >= 0.3 is 0 Å². The summed E-state index contributed by atoms with van der Waals surface area (Å²) < 4.78 is 26.6. The summed E-state index contributed by atoms with van der Waals surface area (Å²) in [5.41, 5.74) is 2.58. The Hall–Kier alpha value is -3.53. The minimum atomic E-state index is -0.952. The number of fused-ring (bicyclic) bond motifs is 3. The highest BCUT2D eigenvalue weighted by Gasteiger charge is 2.47. The second kappa shape index (κ2) is 9.09. The molecular formula is C27H29FN6O3. The van der Waals surface area contributed by atoms with E-state index in [2.05, 4.69) is 30.4 Å². The maximum atomic E-state index is 15.5. The lowest BCUT2D eigenvalue weighted by Crippen LogP contribution is -2.62. The lowest BCUT2D eigenvalue weighted by Gasteiger charge is -2.46. The van der Waals surface area contributed by atoms with Crippen LogP contribution in [0.4, 0.5) is 10.3 Å². The number of nitrogens with one attached hydrogen (secondary N) is 1. The molecule has 2 saturated heterocycles. The molecule has 3 aromatic rings. The van der Waals surface area contributed by atoms with E-state index in [1.807, 2.05) is 12.1 Å². The van der Waals surface area contributed by atoms with Crippen molar-refractivity contribution < 1.29 is 19.0 Å². The van der Waals surface area contributed by atoms with Crippen LogP contribution in [-0.2, 0) is 0 Å². The highest BCUT2D eigenvalue weighted by atomic mass is 19.1. The van der Waals surface area contributed by atoms with Crippen LogP contribution in [0.15, 0.2) is 36.7 Å². The van der Waals surface area contributed by atoms with Gasteiger partial charge in [-0.3, -0.25) is 0 Å². The minimum absolute atomic E-state index is 0.0605. The quantitative estimate of drug-likeness (QED) is 0.538. The van der Waals surface area contributed by atoms with Crippen LogP contribution >= 0.6 is 0 Å². The van der Waals surface area contributed by atoms with Gasteiger partial charge in [-0.25, -0.2) is 14.4 Å². The zero-order valence-corrected chi connectivity index (χ0v) is 20.4. The van der Waals surface area contributed by atoms with Crippen LogP contribution in [-0.4, -0.2) is 68.8 Å². The Morgan fingerprint density at radius 1 is 0.973 bits per heavy atom. The molecule has 2 aromatic heterocycles. The number of hydrogen-bond donors (Lipinski definition) is 2. The van der Waals surface area contributed by atoms with E-state index in [4.69, 9.17) is 9.47 Å². The monoisotopic (exact) mass is 504 g/mol. The number of pyridine rings is 1. The van der Waals surface area contributed by atoms with Crippen LogP contribution in [0.25, 0.3) is 22.4 Å². The number of hydrogen-bond acceptors (Lipinski definition) is 9. The Morgan fingerprint density at radius 3 is 2.68 bits per heavy atom. The van der Waals surface area contributed by atoms with Crippen molar-refractivity contribution in [2.75, 3.05) is 18.1 Å². The molecule has 10 heteroatoms. The van der Waals surface area contributed by atoms with Crippen molar-refractivity contribution >= 4 is 5.95 Å². The van der Waals surface area contributed by atoms with Gasteiger partial charge in [0.1, 0.15) is 30.8 Å². The summed E-state index contributed by atoms with van der Waals surface area (Å²) in [6, 6.07) is 7.48. The summed E-state index contributed by atoms with van der Waals surface area (Å²) in [5.74, 6) is 1.60. The van der Waals surface area contributed by atoms with Gasteiger partial charge in [-0.05, 0) is 55.9 Å². The van der Waals surface area contributed by atoms with Gasteiger partial charge in [-0.2, -0.15) is 0 Å². The molecule has 4 atom stereocenters. The number of aromatic nitrogens is 4. The van der Waals surface area contributed by atoms with Crippen LogP contribution in [0, 0.1) is 0 Å². The molecule has 0 spiro atoms. The average Bonchev–Trinajstić information content (AvgIpc) is 3.77. The third-order valence-electron chi connectivity index (χ3n) is 7.88. The third-order valence-corrected chi connectivity index (χ3v) is 7.88. The first-order valence-corrected chi connectivity index (χ1v) is 13.1. The number of piperidine rings is 2. The molecule has 2 N–H and O–H groups in total. The fourth-order valence-corrected chi connectivity index (χ4v) is 5.91. The second-order valence-electron chi connectivity index (χ2n) is 10.4. The van der Waals surface area contributed by atoms with Crippen molar-refractivity contribution in [1.29, 1.82) is 0 Å². The Labute approximate surface area is 214 Å². The predicted octanol–water partition coefficient (Wildman–Crippen LogP) is 3.67. The molecule has 192 valence electrons. The third kappa shape index (κ3) is 4.22. The molecule has 7 rings (SSSR count). The van der Waals surface area contributed by atoms with Gasteiger partial charge < -0.3 is 24.8 Å². The van der Waals surface area contributed by atoms with E-state index in [9.17, 15) is 5.11 Å². The van der Waals surface area contributed by atoms with E-state index in [1.54, 1.807) is 24.5 Å². The van der Waals surface area contributed by atoms with Crippen LogP contribution in [0.5, 0.6) is 17.4 Å². The smallest absolute Gasteiger partial charge is 0.257 e. The molecule has 3 fully saturated rings. The van der Waals surface area contributed by atoms with Gasteiger partial charge in [-0.1, -0.05) is 12.5 Å². The van der Waals surface area contributed by atoms with Gasteiger partial charge in [0, 0.05) is 35.4 Å². The summed E-state index contributed by atoms with van der Waals surface area (Å²) in [6.07, 6.45) is 8.21. The van der Waals surface area contributed by atoms with E-state index in [0.29, 0.717) is 48.1 Å². The van der Waals surface area contributed by atoms with E-state index < -0.39 is 6.17 Å². The number of nitrogens with zero attached hydrogens (tertiary/aromatic N) is 5. The van der Waals surface area contributed by atoms with Crippen molar-refractivity contribution in [2.45, 2.75) is 68.9 Å². The van der Waals surface area contributed by atoms with Gasteiger partial charge in [0.05, 0.1) is 12.2 Å². The summed E-state index contributed by atoms with van der Waals surface area (Å²) in [6.45, 7) is 0.960. The van der Waals surface area contributed by atoms with E-state index in [-0.39, 0.29) is 23.9 Å². The number of phenols is 1. The largest absolute Gasteiger partial charge is 0.507 e. The first-order valence-electron chi connectivity index (χ1n) is 13.1. The highest BCUT2D eigenvalue weighted by Crippen LogP contribution is 2.40. The Morgan fingerprint density at radius 2 is 1.86 bits per heavy atom. The molecular weight excluding hydrogens is 475 g/mol. The Bertz CT molecular complexity index is 1300. The van der Waals surface area contributed by atoms with E-state index >= 15 is 4.39 Å². The fourth-order valence-electron chi connectivity index (χ4n) is 5.91. The Balaban J connectivity index is 1.13. The zero-order chi connectivity index (χ0) is 24.9. The molecule has 9 nitrogen and oxygen atoms in total. The molecule has 1 saturated carbocycles. The topological polar surface area (TPSA) is 106 Å². The first-order chi connectivity index (χ1) is 18.1. The number of benzene rings is 1. The number of rotatable bonds is 5. The molecule has 3 aliphatic heterocycles. The number of phenolic OH excluding ortho intramolecular Hbond substituents is 1. The molecule has 0 unspecified atom stereocenters. The summed E-state index contributed by atoms with van der Waals surface area (Å²) in [7, 11) is 0. The van der Waals surface area contributed by atoms with Crippen LogP contribution in [0.1, 0.15) is 38.5 Å². The molecule has 2 bridgehead atoms. The van der Waals surface area contributed by atoms with Crippen molar-refractivity contribution in [3.05, 3.63) is 36.7 Å².